The molecule has 0 amide bonds. The van der Waals surface area contributed by atoms with Crippen LogP contribution in [0.25, 0.3) is 21.9 Å². The predicted molar refractivity (Wildman–Crippen MR) is 83.3 cm³/mol. The second-order valence-electron chi connectivity index (χ2n) is 4.90. The molecule has 3 aromatic rings. The molecule has 4 nitrogen and oxygen atoms in total. The second kappa shape index (κ2) is 5.33. The second-order valence-corrected chi connectivity index (χ2v) is 4.90. The van der Waals surface area contributed by atoms with Crippen LogP contribution >= 0.6 is 0 Å². The van der Waals surface area contributed by atoms with Crippen LogP contribution in [0, 0.1) is 0 Å². The summed E-state index contributed by atoms with van der Waals surface area (Å²) in [5.74, 6) is -2.17. The monoisotopic (exact) mass is 292 g/mol. The third-order valence-electron chi connectivity index (χ3n) is 3.56. The summed E-state index contributed by atoms with van der Waals surface area (Å²) < 4.78 is 0. The molecule has 0 atom stereocenters. The Morgan fingerprint density at radius 1 is 0.636 bits per heavy atom. The average Bonchev–Trinajstić information content (AvgIpc) is 2.53. The summed E-state index contributed by atoms with van der Waals surface area (Å²) in [7, 11) is 0. The summed E-state index contributed by atoms with van der Waals surface area (Å²) in [6.07, 6.45) is 0. The number of carboxylic acids is 2. The van der Waals surface area contributed by atoms with Gasteiger partial charge in [0.2, 0.25) is 0 Å². The van der Waals surface area contributed by atoms with Crippen molar-refractivity contribution in [2.24, 2.45) is 0 Å². The lowest BCUT2D eigenvalue weighted by Crippen LogP contribution is -2.04. The van der Waals surface area contributed by atoms with Gasteiger partial charge in [-0.2, -0.15) is 0 Å². The molecule has 0 bridgehead atoms. The highest BCUT2D eigenvalue weighted by molar-refractivity contribution is 6.05. The Bertz CT molecular complexity index is 896. The van der Waals surface area contributed by atoms with Crippen molar-refractivity contribution in [3.63, 3.8) is 0 Å². The highest BCUT2D eigenvalue weighted by Gasteiger charge is 2.18. The molecule has 4 heteroatoms. The molecule has 0 spiro atoms. The van der Waals surface area contributed by atoms with Gasteiger partial charge in [-0.25, -0.2) is 9.59 Å². The molecule has 22 heavy (non-hydrogen) atoms. The molecule has 0 fully saturated rings. The molecular weight excluding hydrogens is 280 g/mol. The fourth-order valence-electron chi connectivity index (χ4n) is 2.54. The van der Waals surface area contributed by atoms with E-state index in [1.165, 1.54) is 6.07 Å². The number of rotatable bonds is 3. The fraction of sp³-hybridized carbons (Fsp3) is 0. The molecular formula is C18H12O4. The van der Waals surface area contributed by atoms with E-state index in [-0.39, 0.29) is 11.1 Å². The lowest BCUT2D eigenvalue weighted by Gasteiger charge is -2.11. The van der Waals surface area contributed by atoms with Crippen LogP contribution in [0.1, 0.15) is 20.7 Å². The molecule has 0 aliphatic heterocycles. The molecule has 0 radical (unpaired) electrons. The standard InChI is InChI=1S/C18H12O4/c19-17(20)14-8-4-3-7-13(14)15-9-11-5-1-2-6-12(11)10-16(15)18(21)22/h1-10H,(H,19,20)(H,21,22). The van der Waals surface area contributed by atoms with Gasteiger partial charge >= 0.3 is 11.9 Å². The van der Waals surface area contributed by atoms with E-state index in [2.05, 4.69) is 0 Å². The molecule has 0 aromatic heterocycles. The maximum absolute atomic E-state index is 11.6. The zero-order valence-electron chi connectivity index (χ0n) is 11.5. The van der Waals surface area contributed by atoms with Crippen LogP contribution in [0.4, 0.5) is 0 Å². The maximum atomic E-state index is 11.6. The van der Waals surface area contributed by atoms with Crippen LogP contribution in [-0.2, 0) is 0 Å². The Morgan fingerprint density at radius 2 is 1.18 bits per heavy atom. The van der Waals surface area contributed by atoms with Gasteiger partial charge in [0.05, 0.1) is 11.1 Å². The first-order chi connectivity index (χ1) is 10.6. The molecule has 0 aliphatic carbocycles. The van der Waals surface area contributed by atoms with Crippen LogP contribution in [0.3, 0.4) is 0 Å². The SMILES string of the molecule is O=C(O)c1ccccc1-c1cc2ccccc2cc1C(=O)O. The predicted octanol–water partition coefficient (Wildman–Crippen LogP) is 3.90. The minimum atomic E-state index is -1.08. The van der Waals surface area contributed by atoms with Gasteiger partial charge in [0.1, 0.15) is 0 Å². The Morgan fingerprint density at radius 3 is 1.82 bits per heavy atom. The highest BCUT2D eigenvalue weighted by atomic mass is 16.4. The van der Waals surface area contributed by atoms with Gasteiger partial charge < -0.3 is 10.2 Å². The fourth-order valence-corrected chi connectivity index (χ4v) is 2.54. The van der Waals surface area contributed by atoms with E-state index in [4.69, 9.17) is 0 Å². The number of carboxylic acid groups (broad SMARTS) is 2. The van der Waals surface area contributed by atoms with Crippen molar-refractivity contribution in [3.8, 4) is 11.1 Å². The number of carbonyl (C=O) groups is 2. The van der Waals surface area contributed by atoms with Crippen LogP contribution in [-0.4, -0.2) is 22.2 Å². The van der Waals surface area contributed by atoms with Gasteiger partial charge in [-0.05, 0) is 40.1 Å². The van der Waals surface area contributed by atoms with Gasteiger partial charge in [-0.15, -0.1) is 0 Å². The third kappa shape index (κ3) is 2.31. The molecule has 0 saturated heterocycles. The Kier molecular flexibility index (Phi) is 3.35. The Labute approximate surface area is 126 Å². The molecule has 0 unspecified atom stereocenters. The minimum Gasteiger partial charge on any atom is -0.478 e. The Hall–Kier alpha value is -3.14. The highest BCUT2D eigenvalue weighted by Crippen LogP contribution is 2.31. The molecule has 108 valence electrons. The van der Waals surface area contributed by atoms with Crippen molar-refractivity contribution >= 4 is 22.7 Å². The van der Waals surface area contributed by atoms with E-state index in [0.717, 1.165) is 10.8 Å². The average molecular weight is 292 g/mol. The first kappa shape index (κ1) is 13.8. The summed E-state index contributed by atoms with van der Waals surface area (Å²) in [6, 6.07) is 17.1. The van der Waals surface area contributed by atoms with E-state index < -0.39 is 11.9 Å². The van der Waals surface area contributed by atoms with E-state index in [1.54, 1.807) is 30.3 Å². The van der Waals surface area contributed by atoms with Crippen molar-refractivity contribution in [3.05, 3.63) is 71.8 Å². The van der Waals surface area contributed by atoms with E-state index in [1.807, 2.05) is 24.3 Å². The largest absolute Gasteiger partial charge is 0.478 e. The number of hydrogen-bond acceptors (Lipinski definition) is 2. The minimum absolute atomic E-state index is 0.0836. The van der Waals surface area contributed by atoms with Gasteiger partial charge in [0, 0.05) is 0 Å². The first-order valence-corrected chi connectivity index (χ1v) is 6.66. The van der Waals surface area contributed by atoms with Crippen molar-refractivity contribution < 1.29 is 19.8 Å². The van der Waals surface area contributed by atoms with Gasteiger partial charge in [-0.3, -0.25) is 0 Å². The maximum Gasteiger partial charge on any atom is 0.336 e. The van der Waals surface area contributed by atoms with Crippen molar-refractivity contribution in [2.75, 3.05) is 0 Å². The zero-order chi connectivity index (χ0) is 15.7. The molecule has 0 saturated carbocycles. The van der Waals surface area contributed by atoms with Crippen molar-refractivity contribution in [1.82, 2.24) is 0 Å². The quantitative estimate of drug-likeness (QED) is 0.767. The van der Waals surface area contributed by atoms with Crippen LogP contribution in [0.5, 0.6) is 0 Å². The molecule has 2 N–H and O–H groups in total. The summed E-state index contributed by atoms with van der Waals surface area (Å²) >= 11 is 0. The van der Waals surface area contributed by atoms with Crippen LogP contribution in [0.15, 0.2) is 60.7 Å². The van der Waals surface area contributed by atoms with E-state index in [9.17, 15) is 19.8 Å². The summed E-state index contributed by atoms with van der Waals surface area (Å²) in [5.41, 5.74) is 0.982. The number of benzene rings is 3. The lowest BCUT2D eigenvalue weighted by atomic mass is 9.92. The smallest absolute Gasteiger partial charge is 0.336 e. The van der Waals surface area contributed by atoms with Gasteiger partial charge in [-0.1, -0.05) is 42.5 Å². The van der Waals surface area contributed by atoms with Crippen LogP contribution in [0.2, 0.25) is 0 Å². The summed E-state index contributed by atoms with van der Waals surface area (Å²) in [6.45, 7) is 0. The Balaban J connectivity index is 2.37. The summed E-state index contributed by atoms with van der Waals surface area (Å²) in [4.78, 5) is 23.0. The molecule has 0 aliphatic rings. The van der Waals surface area contributed by atoms with Crippen molar-refractivity contribution in [2.45, 2.75) is 0 Å². The van der Waals surface area contributed by atoms with Gasteiger partial charge in [0.15, 0.2) is 0 Å². The topological polar surface area (TPSA) is 74.6 Å². The summed E-state index contributed by atoms with van der Waals surface area (Å²) in [5, 5.41) is 20.5. The zero-order valence-corrected chi connectivity index (χ0v) is 11.5. The number of hydrogen-bond donors (Lipinski definition) is 2. The molecule has 3 aromatic carbocycles. The third-order valence-corrected chi connectivity index (χ3v) is 3.56. The molecule has 3 rings (SSSR count). The normalized spacial score (nSPS) is 10.5. The van der Waals surface area contributed by atoms with Crippen molar-refractivity contribution in [1.29, 1.82) is 0 Å². The van der Waals surface area contributed by atoms with E-state index in [0.29, 0.717) is 11.1 Å². The molecule has 0 heterocycles. The lowest BCUT2D eigenvalue weighted by molar-refractivity contribution is 0.0684. The van der Waals surface area contributed by atoms with Gasteiger partial charge in [0.25, 0.3) is 0 Å². The number of fused-ring (bicyclic) bond motifs is 1. The van der Waals surface area contributed by atoms with E-state index >= 15 is 0 Å². The van der Waals surface area contributed by atoms with Crippen LogP contribution < -0.4 is 0 Å². The number of aromatic carboxylic acids is 2. The first-order valence-electron chi connectivity index (χ1n) is 6.66.